The van der Waals surface area contributed by atoms with E-state index in [1.165, 1.54) is 6.07 Å². The van der Waals surface area contributed by atoms with Gasteiger partial charge in [0, 0.05) is 5.56 Å². The molecule has 1 amide bonds. The lowest BCUT2D eigenvalue weighted by atomic mass is 9.81. The quantitative estimate of drug-likeness (QED) is 0.882. The molecule has 0 aromatic heterocycles. The van der Waals surface area contributed by atoms with Crippen LogP contribution in [0.5, 0.6) is 0 Å². The maximum absolute atomic E-state index is 13.6. The minimum atomic E-state index is -0.780. The second-order valence-electron chi connectivity index (χ2n) is 5.43. The Morgan fingerprint density at radius 1 is 1.32 bits per heavy atom. The predicted molar refractivity (Wildman–Crippen MR) is 73.0 cm³/mol. The molecule has 3 nitrogen and oxygen atoms in total. The van der Waals surface area contributed by atoms with Crippen molar-refractivity contribution in [1.82, 2.24) is 5.32 Å². The van der Waals surface area contributed by atoms with Crippen molar-refractivity contribution in [3.63, 3.8) is 0 Å². The van der Waals surface area contributed by atoms with Gasteiger partial charge in [-0.25, -0.2) is 4.39 Å². The number of halogens is 1. The monoisotopic (exact) mass is 264 g/mol. The van der Waals surface area contributed by atoms with E-state index in [4.69, 9.17) is 5.73 Å². The summed E-state index contributed by atoms with van der Waals surface area (Å²) in [6.45, 7) is 1.78. The van der Waals surface area contributed by atoms with Crippen LogP contribution in [0.2, 0.25) is 0 Å². The highest BCUT2D eigenvalue weighted by atomic mass is 19.1. The molecule has 1 saturated carbocycles. The Labute approximate surface area is 113 Å². The fourth-order valence-electron chi connectivity index (χ4n) is 2.65. The number of benzene rings is 1. The fraction of sp³-hybridized carbons (Fsp3) is 0.533. The van der Waals surface area contributed by atoms with E-state index in [0.29, 0.717) is 18.4 Å². The highest BCUT2D eigenvalue weighted by Crippen LogP contribution is 2.27. The van der Waals surface area contributed by atoms with Gasteiger partial charge < -0.3 is 11.1 Å². The van der Waals surface area contributed by atoms with Crippen LogP contribution in [0.25, 0.3) is 0 Å². The van der Waals surface area contributed by atoms with Crippen molar-refractivity contribution >= 4 is 5.91 Å². The van der Waals surface area contributed by atoms with Crippen LogP contribution >= 0.6 is 0 Å². The Hall–Kier alpha value is -1.42. The van der Waals surface area contributed by atoms with Gasteiger partial charge in [0.1, 0.15) is 5.82 Å². The molecule has 1 aliphatic rings. The summed E-state index contributed by atoms with van der Waals surface area (Å²) in [7, 11) is 0. The zero-order valence-corrected chi connectivity index (χ0v) is 11.3. The molecule has 3 N–H and O–H groups in total. The molecule has 2 rings (SSSR count). The van der Waals surface area contributed by atoms with E-state index in [1.54, 1.807) is 25.1 Å². The number of carbonyl (C=O) groups is 1. The van der Waals surface area contributed by atoms with Gasteiger partial charge in [0.15, 0.2) is 0 Å². The normalized spacial score (nSPS) is 19.7. The minimum Gasteiger partial charge on any atom is -0.348 e. The summed E-state index contributed by atoms with van der Waals surface area (Å²) in [5, 5.41) is 2.84. The third-order valence-electron chi connectivity index (χ3n) is 3.92. The molecule has 1 atom stereocenters. The van der Waals surface area contributed by atoms with E-state index < -0.39 is 5.54 Å². The van der Waals surface area contributed by atoms with Crippen molar-refractivity contribution < 1.29 is 9.18 Å². The molecule has 0 saturated heterocycles. The molecule has 19 heavy (non-hydrogen) atoms. The summed E-state index contributed by atoms with van der Waals surface area (Å²) in [5.74, 6) is -0.465. The fourth-order valence-corrected chi connectivity index (χ4v) is 2.65. The van der Waals surface area contributed by atoms with Gasteiger partial charge in [-0.05, 0) is 25.8 Å². The smallest absolute Gasteiger partial charge is 0.240 e. The molecule has 1 aliphatic carbocycles. The molecular weight excluding hydrogens is 243 g/mol. The first-order valence-electron chi connectivity index (χ1n) is 6.87. The Morgan fingerprint density at radius 3 is 2.58 bits per heavy atom. The number of rotatable bonds is 3. The Kier molecular flexibility index (Phi) is 4.20. The highest BCUT2D eigenvalue weighted by Gasteiger charge is 2.35. The Morgan fingerprint density at radius 2 is 1.95 bits per heavy atom. The molecule has 0 bridgehead atoms. The lowest BCUT2D eigenvalue weighted by Gasteiger charge is -2.33. The number of carbonyl (C=O) groups excluding carboxylic acids is 1. The number of amides is 1. The van der Waals surface area contributed by atoms with Gasteiger partial charge in [0.25, 0.3) is 0 Å². The highest BCUT2D eigenvalue weighted by molar-refractivity contribution is 5.86. The molecule has 1 aromatic carbocycles. The Bertz CT molecular complexity index is 455. The standard InChI is InChI=1S/C15H21FN2O/c1-11(12-7-3-4-8-13(12)16)18-14(19)15(17)9-5-2-6-10-15/h3-4,7-8,11H,2,5-6,9-10,17H2,1H3,(H,18,19)/t11-/m1/s1. The van der Waals surface area contributed by atoms with E-state index in [-0.39, 0.29) is 17.8 Å². The van der Waals surface area contributed by atoms with Crippen LogP contribution in [-0.2, 0) is 4.79 Å². The van der Waals surface area contributed by atoms with Gasteiger partial charge in [0.2, 0.25) is 5.91 Å². The number of nitrogens with one attached hydrogen (secondary N) is 1. The zero-order chi connectivity index (χ0) is 13.9. The van der Waals surface area contributed by atoms with Crippen LogP contribution in [0.4, 0.5) is 4.39 Å². The van der Waals surface area contributed by atoms with Crippen molar-refractivity contribution in [3.8, 4) is 0 Å². The maximum Gasteiger partial charge on any atom is 0.240 e. The van der Waals surface area contributed by atoms with Gasteiger partial charge in [-0.1, -0.05) is 37.5 Å². The van der Waals surface area contributed by atoms with Crippen LogP contribution in [0.1, 0.15) is 50.6 Å². The topological polar surface area (TPSA) is 55.1 Å². The van der Waals surface area contributed by atoms with E-state index in [2.05, 4.69) is 5.32 Å². The summed E-state index contributed by atoms with van der Waals surface area (Å²) >= 11 is 0. The SMILES string of the molecule is C[C@@H](NC(=O)C1(N)CCCCC1)c1ccccc1F. The zero-order valence-electron chi connectivity index (χ0n) is 11.3. The van der Waals surface area contributed by atoms with E-state index >= 15 is 0 Å². The largest absolute Gasteiger partial charge is 0.348 e. The average molecular weight is 264 g/mol. The van der Waals surface area contributed by atoms with Crippen LogP contribution < -0.4 is 11.1 Å². The third kappa shape index (κ3) is 3.13. The van der Waals surface area contributed by atoms with Gasteiger partial charge >= 0.3 is 0 Å². The van der Waals surface area contributed by atoms with Gasteiger partial charge in [-0.2, -0.15) is 0 Å². The van der Waals surface area contributed by atoms with E-state index in [9.17, 15) is 9.18 Å². The number of hydrogen-bond acceptors (Lipinski definition) is 2. The first-order valence-corrected chi connectivity index (χ1v) is 6.87. The predicted octanol–water partition coefficient (Wildman–Crippen LogP) is 2.66. The summed E-state index contributed by atoms with van der Waals surface area (Å²) in [6, 6.07) is 6.12. The second-order valence-corrected chi connectivity index (χ2v) is 5.43. The molecular formula is C15H21FN2O. The second kappa shape index (κ2) is 5.70. The van der Waals surface area contributed by atoms with E-state index in [1.807, 2.05) is 0 Å². The summed E-state index contributed by atoms with van der Waals surface area (Å²) in [6.07, 6.45) is 4.52. The van der Waals surface area contributed by atoms with Crippen LogP contribution in [-0.4, -0.2) is 11.4 Å². The summed E-state index contributed by atoms with van der Waals surface area (Å²) in [5.41, 5.74) is 5.88. The molecule has 104 valence electrons. The van der Waals surface area contributed by atoms with Crippen LogP contribution in [0.15, 0.2) is 24.3 Å². The van der Waals surface area contributed by atoms with Crippen LogP contribution in [0, 0.1) is 5.82 Å². The van der Waals surface area contributed by atoms with Gasteiger partial charge in [0.05, 0.1) is 11.6 Å². The van der Waals surface area contributed by atoms with Crippen molar-refractivity contribution in [2.24, 2.45) is 5.73 Å². The van der Waals surface area contributed by atoms with E-state index in [0.717, 1.165) is 19.3 Å². The minimum absolute atomic E-state index is 0.164. The number of hydrogen-bond donors (Lipinski definition) is 2. The van der Waals surface area contributed by atoms with Crippen molar-refractivity contribution in [1.29, 1.82) is 0 Å². The van der Waals surface area contributed by atoms with Crippen LogP contribution in [0.3, 0.4) is 0 Å². The van der Waals surface area contributed by atoms with Crippen molar-refractivity contribution in [3.05, 3.63) is 35.6 Å². The summed E-state index contributed by atoms with van der Waals surface area (Å²) < 4.78 is 13.6. The van der Waals surface area contributed by atoms with Crippen molar-refractivity contribution in [2.45, 2.75) is 50.6 Å². The lowest BCUT2D eigenvalue weighted by molar-refractivity contribution is -0.128. The molecule has 4 heteroatoms. The first kappa shape index (κ1) is 14.0. The molecule has 0 heterocycles. The van der Waals surface area contributed by atoms with Gasteiger partial charge in [-0.3, -0.25) is 4.79 Å². The summed E-state index contributed by atoms with van der Waals surface area (Å²) in [4.78, 5) is 12.3. The molecule has 0 unspecified atom stereocenters. The molecule has 0 radical (unpaired) electrons. The first-order chi connectivity index (χ1) is 9.03. The Balaban J connectivity index is 2.04. The molecule has 0 spiro atoms. The molecule has 1 aromatic rings. The average Bonchev–Trinajstić information content (AvgIpc) is 2.40. The number of nitrogens with two attached hydrogens (primary N) is 1. The van der Waals surface area contributed by atoms with Gasteiger partial charge in [-0.15, -0.1) is 0 Å². The molecule has 1 fully saturated rings. The molecule has 0 aliphatic heterocycles. The third-order valence-corrected chi connectivity index (χ3v) is 3.92. The maximum atomic E-state index is 13.6. The lowest BCUT2D eigenvalue weighted by Crippen LogP contribution is -2.55. The van der Waals surface area contributed by atoms with Crippen molar-refractivity contribution in [2.75, 3.05) is 0 Å².